The molecule has 2 atom stereocenters. The van der Waals surface area contributed by atoms with E-state index in [-0.39, 0.29) is 11.9 Å². The van der Waals surface area contributed by atoms with Gasteiger partial charge in [-0.1, -0.05) is 55.8 Å². The van der Waals surface area contributed by atoms with E-state index < -0.39 is 5.38 Å². The van der Waals surface area contributed by atoms with E-state index in [1.54, 1.807) is 4.90 Å². The zero-order valence-electron chi connectivity index (χ0n) is 14.3. The molecule has 1 amide bonds. The number of halogens is 2. The van der Waals surface area contributed by atoms with Gasteiger partial charge in [-0.15, -0.1) is 11.6 Å². The van der Waals surface area contributed by atoms with E-state index in [1.165, 1.54) is 0 Å². The summed E-state index contributed by atoms with van der Waals surface area (Å²) in [6.45, 7) is 6.01. The molecule has 2 aromatic carbocycles. The number of carbonyl (C=O) groups is 1. The second-order valence-corrected chi connectivity index (χ2v) is 6.70. The molecule has 0 N–H and O–H groups in total. The van der Waals surface area contributed by atoms with Crippen LogP contribution in [0.5, 0.6) is 0 Å². The van der Waals surface area contributed by atoms with Crippen LogP contribution in [-0.4, -0.2) is 11.3 Å². The van der Waals surface area contributed by atoms with Crippen molar-refractivity contribution in [3.05, 3.63) is 64.7 Å². The third-order valence-electron chi connectivity index (χ3n) is 4.23. The number of hydrogen-bond donors (Lipinski definition) is 0. The lowest BCUT2D eigenvalue weighted by Gasteiger charge is -2.32. The lowest BCUT2D eigenvalue weighted by Crippen LogP contribution is -2.39. The van der Waals surface area contributed by atoms with Crippen LogP contribution >= 0.6 is 23.2 Å². The molecule has 0 aliphatic rings. The minimum Gasteiger partial charge on any atom is -0.304 e. The number of para-hydroxylation sites is 1. The highest BCUT2D eigenvalue weighted by molar-refractivity contribution is 6.33. The van der Waals surface area contributed by atoms with Gasteiger partial charge >= 0.3 is 0 Å². The highest BCUT2D eigenvalue weighted by atomic mass is 35.5. The van der Waals surface area contributed by atoms with Gasteiger partial charge in [0.05, 0.1) is 6.04 Å². The van der Waals surface area contributed by atoms with Gasteiger partial charge in [-0.05, 0) is 49.1 Å². The van der Waals surface area contributed by atoms with Crippen LogP contribution in [0.2, 0.25) is 5.02 Å². The molecule has 0 aliphatic carbocycles. The molecule has 2 unspecified atom stereocenters. The van der Waals surface area contributed by atoms with Crippen molar-refractivity contribution in [1.82, 2.24) is 0 Å². The van der Waals surface area contributed by atoms with Gasteiger partial charge in [0.1, 0.15) is 5.38 Å². The molecule has 2 aromatic rings. The van der Waals surface area contributed by atoms with Gasteiger partial charge < -0.3 is 4.90 Å². The van der Waals surface area contributed by atoms with Crippen molar-refractivity contribution in [3.8, 4) is 0 Å². The Morgan fingerprint density at radius 3 is 2.33 bits per heavy atom. The van der Waals surface area contributed by atoms with Crippen LogP contribution in [0.15, 0.2) is 48.5 Å². The summed E-state index contributed by atoms with van der Waals surface area (Å²) in [7, 11) is 0. The largest absolute Gasteiger partial charge is 0.304 e. The molecule has 0 saturated heterocycles. The highest BCUT2D eigenvalue weighted by Gasteiger charge is 2.29. The lowest BCUT2D eigenvalue weighted by atomic mass is 9.97. The maximum absolute atomic E-state index is 13.0. The lowest BCUT2D eigenvalue weighted by molar-refractivity contribution is -0.118. The van der Waals surface area contributed by atoms with E-state index in [9.17, 15) is 4.79 Å². The summed E-state index contributed by atoms with van der Waals surface area (Å²) in [6, 6.07) is 15.3. The van der Waals surface area contributed by atoms with E-state index in [4.69, 9.17) is 23.2 Å². The molecule has 2 rings (SSSR count). The Kier molecular flexibility index (Phi) is 6.70. The quantitative estimate of drug-likeness (QED) is 0.575. The third-order valence-corrected chi connectivity index (χ3v) is 5.05. The van der Waals surface area contributed by atoms with Gasteiger partial charge in [0, 0.05) is 10.7 Å². The molecular weight excluding hydrogens is 341 g/mol. The second-order valence-electron chi connectivity index (χ2n) is 5.76. The van der Waals surface area contributed by atoms with Gasteiger partial charge in [0.2, 0.25) is 5.91 Å². The minimum absolute atomic E-state index is 0.0974. The second kappa shape index (κ2) is 8.55. The van der Waals surface area contributed by atoms with Gasteiger partial charge in [-0.25, -0.2) is 0 Å². The van der Waals surface area contributed by atoms with E-state index in [1.807, 2.05) is 56.3 Å². The Morgan fingerprint density at radius 1 is 1.08 bits per heavy atom. The van der Waals surface area contributed by atoms with Crippen molar-refractivity contribution in [2.45, 2.75) is 45.0 Å². The van der Waals surface area contributed by atoms with Gasteiger partial charge in [0.15, 0.2) is 0 Å². The molecule has 0 spiro atoms. The Morgan fingerprint density at radius 2 is 1.75 bits per heavy atom. The molecule has 0 saturated carbocycles. The van der Waals surface area contributed by atoms with Gasteiger partial charge in [-0.3, -0.25) is 4.79 Å². The summed E-state index contributed by atoms with van der Waals surface area (Å²) in [5, 5.41) is 0.124. The Balaban J connectivity index is 2.54. The predicted octanol–water partition coefficient (Wildman–Crippen LogP) is 6.01. The predicted molar refractivity (Wildman–Crippen MR) is 103 cm³/mol. The van der Waals surface area contributed by atoms with Crippen LogP contribution in [0.25, 0.3) is 0 Å². The van der Waals surface area contributed by atoms with Crippen molar-refractivity contribution in [1.29, 1.82) is 0 Å². The molecule has 0 heterocycles. The van der Waals surface area contributed by atoms with E-state index >= 15 is 0 Å². The molecule has 4 heteroatoms. The summed E-state index contributed by atoms with van der Waals surface area (Å²) in [5.74, 6) is -0.0974. The number of amides is 1. The molecular formula is C20H23Cl2NO. The zero-order chi connectivity index (χ0) is 17.7. The fourth-order valence-electron chi connectivity index (χ4n) is 2.94. The molecule has 0 aliphatic heterocycles. The van der Waals surface area contributed by atoms with E-state index in [0.29, 0.717) is 11.4 Å². The molecule has 0 aromatic heterocycles. The molecule has 2 nitrogen and oxygen atoms in total. The first-order valence-corrected chi connectivity index (χ1v) is 9.12. The SMILES string of the molecule is CCc1cccc(Cl)c1C(C)N(C(=O)C(Cl)CC)c1ccccc1. The molecule has 128 valence electrons. The monoisotopic (exact) mass is 363 g/mol. The number of anilines is 1. The molecule has 24 heavy (non-hydrogen) atoms. The fraction of sp³-hybridized carbons (Fsp3) is 0.350. The Hall–Kier alpha value is -1.51. The average Bonchev–Trinajstić information content (AvgIpc) is 2.61. The number of hydrogen-bond acceptors (Lipinski definition) is 1. The van der Waals surface area contributed by atoms with Crippen LogP contribution in [0.1, 0.15) is 44.4 Å². The van der Waals surface area contributed by atoms with Crippen LogP contribution in [0, 0.1) is 0 Å². The van der Waals surface area contributed by atoms with E-state index in [2.05, 4.69) is 13.0 Å². The number of nitrogens with zero attached hydrogens (tertiary/aromatic N) is 1. The first kappa shape index (κ1) is 18.8. The highest BCUT2D eigenvalue weighted by Crippen LogP contribution is 2.35. The molecule has 0 bridgehead atoms. The Bertz CT molecular complexity index is 687. The minimum atomic E-state index is -0.555. The summed E-state index contributed by atoms with van der Waals surface area (Å²) in [5.41, 5.74) is 2.96. The number of carbonyl (C=O) groups excluding carboxylic acids is 1. The van der Waals surface area contributed by atoms with Crippen molar-refractivity contribution < 1.29 is 4.79 Å². The fourth-order valence-corrected chi connectivity index (χ4v) is 3.40. The van der Waals surface area contributed by atoms with Crippen molar-refractivity contribution >= 4 is 34.8 Å². The number of benzene rings is 2. The third kappa shape index (κ3) is 3.93. The number of alkyl halides is 1. The zero-order valence-corrected chi connectivity index (χ0v) is 15.8. The van der Waals surface area contributed by atoms with Crippen LogP contribution in [-0.2, 0) is 11.2 Å². The van der Waals surface area contributed by atoms with Crippen LogP contribution in [0.4, 0.5) is 5.69 Å². The standard InChI is InChI=1S/C20H23Cl2NO/c1-4-15-10-9-13-18(22)19(15)14(3)23(20(24)17(21)5-2)16-11-7-6-8-12-16/h6-14,17H,4-5H2,1-3H3. The van der Waals surface area contributed by atoms with Gasteiger partial charge in [-0.2, -0.15) is 0 Å². The van der Waals surface area contributed by atoms with Crippen LogP contribution in [0.3, 0.4) is 0 Å². The summed E-state index contributed by atoms with van der Waals surface area (Å²) >= 11 is 12.8. The van der Waals surface area contributed by atoms with Gasteiger partial charge in [0.25, 0.3) is 0 Å². The van der Waals surface area contributed by atoms with Crippen molar-refractivity contribution in [2.75, 3.05) is 4.90 Å². The maximum Gasteiger partial charge on any atom is 0.245 e. The number of rotatable bonds is 6. The average molecular weight is 364 g/mol. The summed E-state index contributed by atoms with van der Waals surface area (Å²) in [4.78, 5) is 14.7. The molecule has 0 fully saturated rings. The van der Waals surface area contributed by atoms with E-state index in [0.717, 1.165) is 23.2 Å². The van der Waals surface area contributed by atoms with Crippen LogP contribution < -0.4 is 4.90 Å². The summed E-state index contributed by atoms with van der Waals surface area (Å²) < 4.78 is 0. The smallest absolute Gasteiger partial charge is 0.245 e. The normalized spacial score (nSPS) is 13.4. The maximum atomic E-state index is 13.0. The first-order chi connectivity index (χ1) is 11.5. The number of aryl methyl sites for hydroxylation is 1. The van der Waals surface area contributed by atoms with Crippen molar-refractivity contribution in [3.63, 3.8) is 0 Å². The topological polar surface area (TPSA) is 20.3 Å². The molecule has 0 radical (unpaired) electrons. The first-order valence-electron chi connectivity index (χ1n) is 8.30. The Labute approximate surface area is 154 Å². The van der Waals surface area contributed by atoms with Crippen molar-refractivity contribution in [2.24, 2.45) is 0 Å². The summed E-state index contributed by atoms with van der Waals surface area (Å²) in [6.07, 6.45) is 1.44.